The summed E-state index contributed by atoms with van der Waals surface area (Å²) in [5.41, 5.74) is -0.0186. The van der Waals surface area contributed by atoms with Gasteiger partial charge in [0, 0.05) is 24.2 Å². The fourth-order valence-electron chi connectivity index (χ4n) is 2.63. The number of imide groups is 1. The van der Waals surface area contributed by atoms with E-state index in [1.54, 1.807) is 11.9 Å². The first kappa shape index (κ1) is 17.2. The molecule has 0 aromatic heterocycles. The van der Waals surface area contributed by atoms with Crippen molar-refractivity contribution in [1.82, 2.24) is 10.2 Å². The average molecular weight is 296 g/mol. The second kappa shape index (κ2) is 7.24. The topological polar surface area (TPSA) is 86.7 Å². The van der Waals surface area contributed by atoms with Crippen LogP contribution in [0.4, 0.5) is 4.79 Å². The Morgan fingerprint density at radius 1 is 1.10 bits per heavy atom. The summed E-state index contributed by atoms with van der Waals surface area (Å²) in [6, 6.07) is -0.354. The van der Waals surface area contributed by atoms with Crippen LogP contribution < -0.4 is 5.32 Å². The van der Waals surface area contributed by atoms with Gasteiger partial charge in [0.05, 0.1) is 0 Å². The van der Waals surface area contributed by atoms with Crippen LogP contribution in [0.2, 0.25) is 0 Å². The minimum Gasteiger partial charge on any atom is -0.478 e. The summed E-state index contributed by atoms with van der Waals surface area (Å²) < 4.78 is 0. The monoisotopic (exact) mass is 296 g/mol. The fraction of sp³-hybridized carbons (Fsp3) is 0.667. The first-order chi connectivity index (χ1) is 9.75. The van der Waals surface area contributed by atoms with Crippen LogP contribution in [-0.4, -0.2) is 41.0 Å². The highest BCUT2D eigenvalue weighted by atomic mass is 16.4. The van der Waals surface area contributed by atoms with E-state index in [4.69, 9.17) is 5.11 Å². The van der Waals surface area contributed by atoms with Gasteiger partial charge < -0.3 is 10.0 Å². The van der Waals surface area contributed by atoms with Crippen LogP contribution in [0.1, 0.15) is 46.5 Å². The summed E-state index contributed by atoms with van der Waals surface area (Å²) in [6.45, 7) is 4.85. The largest absolute Gasteiger partial charge is 0.478 e. The summed E-state index contributed by atoms with van der Waals surface area (Å²) >= 11 is 0. The van der Waals surface area contributed by atoms with E-state index < -0.39 is 17.9 Å². The van der Waals surface area contributed by atoms with Crippen LogP contribution in [0.5, 0.6) is 0 Å². The van der Waals surface area contributed by atoms with Gasteiger partial charge in [-0.1, -0.05) is 19.8 Å². The Hall–Kier alpha value is -1.85. The SMILES string of the molecule is CC(C(=O)O)=C(C)C(=O)NC(=O)N(C)C1CCCCC1C. The molecular formula is C15H24N2O4. The van der Waals surface area contributed by atoms with Crippen molar-refractivity contribution in [2.45, 2.75) is 52.5 Å². The average Bonchev–Trinajstić information content (AvgIpc) is 2.45. The van der Waals surface area contributed by atoms with E-state index >= 15 is 0 Å². The van der Waals surface area contributed by atoms with Gasteiger partial charge in [0.15, 0.2) is 0 Å². The van der Waals surface area contributed by atoms with Crippen molar-refractivity contribution in [3.63, 3.8) is 0 Å². The van der Waals surface area contributed by atoms with Gasteiger partial charge in [-0.15, -0.1) is 0 Å². The molecule has 21 heavy (non-hydrogen) atoms. The number of aliphatic carboxylic acids is 1. The molecule has 0 radical (unpaired) electrons. The number of urea groups is 1. The first-order valence-electron chi connectivity index (χ1n) is 7.24. The molecule has 1 rings (SSSR count). The smallest absolute Gasteiger partial charge is 0.331 e. The van der Waals surface area contributed by atoms with Crippen LogP contribution in [0, 0.1) is 5.92 Å². The first-order valence-corrected chi connectivity index (χ1v) is 7.24. The lowest BCUT2D eigenvalue weighted by Crippen LogP contribution is -2.49. The van der Waals surface area contributed by atoms with Gasteiger partial charge in [-0.2, -0.15) is 0 Å². The van der Waals surface area contributed by atoms with Gasteiger partial charge in [0.1, 0.15) is 0 Å². The Balaban J connectivity index is 2.70. The molecule has 6 heteroatoms. The lowest BCUT2D eigenvalue weighted by atomic mass is 9.85. The normalized spacial score (nSPS) is 23.0. The van der Waals surface area contributed by atoms with Crippen molar-refractivity contribution >= 4 is 17.9 Å². The number of carboxylic acids is 1. The van der Waals surface area contributed by atoms with E-state index in [1.807, 2.05) is 0 Å². The number of nitrogens with zero attached hydrogens (tertiary/aromatic N) is 1. The number of carboxylic acid groups (broad SMARTS) is 1. The number of carbonyl (C=O) groups is 3. The minimum absolute atomic E-state index is 0.0425. The van der Waals surface area contributed by atoms with Crippen molar-refractivity contribution in [3.05, 3.63) is 11.1 Å². The predicted octanol–water partition coefficient (Wildman–Crippen LogP) is 2.15. The minimum atomic E-state index is -1.16. The third-order valence-corrected chi connectivity index (χ3v) is 4.33. The van der Waals surface area contributed by atoms with E-state index in [1.165, 1.54) is 20.3 Å². The molecule has 0 spiro atoms. The lowest BCUT2D eigenvalue weighted by molar-refractivity contribution is -0.133. The second-order valence-electron chi connectivity index (χ2n) is 5.75. The molecule has 2 N–H and O–H groups in total. The van der Waals surface area contributed by atoms with Crippen molar-refractivity contribution in [3.8, 4) is 0 Å². The summed E-state index contributed by atoms with van der Waals surface area (Å²) in [5.74, 6) is -1.42. The highest BCUT2D eigenvalue weighted by Crippen LogP contribution is 2.27. The fourth-order valence-corrected chi connectivity index (χ4v) is 2.63. The molecule has 0 aromatic carbocycles. The van der Waals surface area contributed by atoms with Crippen LogP contribution in [0.3, 0.4) is 0 Å². The van der Waals surface area contributed by atoms with Gasteiger partial charge in [-0.05, 0) is 32.6 Å². The van der Waals surface area contributed by atoms with Crippen LogP contribution in [0.15, 0.2) is 11.1 Å². The highest BCUT2D eigenvalue weighted by molar-refractivity contribution is 6.07. The van der Waals surface area contributed by atoms with Crippen LogP contribution >= 0.6 is 0 Å². The molecule has 0 saturated heterocycles. The Morgan fingerprint density at radius 3 is 2.19 bits per heavy atom. The maximum Gasteiger partial charge on any atom is 0.331 e. The van der Waals surface area contributed by atoms with E-state index in [0.717, 1.165) is 19.3 Å². The van der Waals surface area contributed by atoms with Gasteiger partial charge in [-0.25, -0.2) is 9.59 Å². The van der Waals surface area contributed by atoms with Crippen molar-refractivity contribution in [2.75, 3.05) is 7.05 Å². The number of nitrogens with one attached hydrogen (secondary N) is 1. The molecule has 0 aromatic rings. The molecule has 1 saturated carbocycles. The van der Waals surface area contributed by atoms with Crippen molar-refractivity contribution in [1.29, 1.82) is 0 Å². The van der Waals surface area contributed by atoms with Crippen molar-refractivity contribution < 1.29 is 19.5 Å². The second-order valence-corrected chi connectivity index (χ2v) is 5.75. The molecule has 1 aliphatic rings. The van der Waals surface area contributed by atoms with Gasteiger partial charge in [-0.3, -0.25) is 10.1 Å². The Labute approximate surface area is 125 Å². The standard InChI is InChI=1S/C15H24N2O4/c1-9-7-5-6-8-12(9)17(4)15(21)16-13(18)10(2)11(3)14(19)20/h9,12H,5-8H2,1-4H3,(H,19,20)(H,16,18,21). The van der Waals surface area contributed by atoms with E-state index in [2.05, 4.69) is 12.2 Å². The molecule has 1 fully saturated rings. The van der Waals surface area contributed by atoms with E-state index in [9.17, 15) is 14.4 Å². The summed E-state index contributed by atoms with van der Waals surface area (Å²) in [7, 11) is 1.68. The summed E-state index contributed by atoms with van der Waals surface area (Å²) in [6.07, 6.45) is 4.26. The molecule has 118 valence electrons. The Kier molecular flexibility index (Phi) is 5.93. The van der Waals surface area contributed by atoms with Crippen molar-refractivity contribution in [2.24, 2.45) is 5.92 Å². The molecule has 3 amide bonds. The number of rotatable bonds is 3. The molecule has 6 nitrogen and oxygen atoms in total. The zero-order valence-electron chi connectivity index (χ0n) is 13.1. The third kappa shape index (κ3) is 4.31. The summed E-state index contributed by atoms with van der Waals surface area (Å²) in [5, 5.41) is 11.1. The zero-order valence-corrected chi connectivity index (χ0v) is 13.1. The Morgan fingerprint density at radius 2 is 1.67 bits per heavy atom. The zero-order chi connectivity index (χ0) is 16.2. The quantitative estimate of drug-likeness (QED) is 0.781. The van der Waals surface area contributed by atoms with Gasteiger partial charge in [0.25, 0.3) is 5.91 Å². The molecule has 0 bridgehead atoms. The van der Waals surface area contributed by atoms with Gasteiger partial charge in [0.2, 0.25) is 0 Å². The molecule has 0 heterocycles. The highest BCUT2D eigenvalue weighted by Gasteiger charge is 2.28. The van der Waals surface area contributed by atoms with Gasteiger partial charge >= 0.3 is 12.0 Å². The number of carbonyl (C=O) groups excluding carboxylic acids is 2. The molecule has 0 aliphatic heterocycles. The molecular weight excluding hydrogens is 272 g/mol. The Bertz CT molecular complexity index is 470. The lowest BCUT2D eigenvalue weighted by Gasteiger charge is -2.36. The number of amides is 3. The molecule has 1 aliphatic carbocycles. The van der Waals surface area contributed by atoms with E-state index in [-0.39, 0.29) is 17.2 Å². The summed E-state index contributed by atoms with van der Waals surface area (Å²) in [4.78, 5) is 36.4. The van der Waals surface area contributed by atoms with Crippen LogP contribution in [-0.2, 0) is 9.59 Å². The third-order valence-electron chi connectivity index (χ3n) is 4.33. The maximum atomic E-state index is 12.1. The maximum absolute atomic E-state index is 12.1. The van der Waals surface area contributed by atoms with Crippen LogP contribution in [0.25, 0.3) is 0 Å². The predicted molar refractivity (Wildman–Crippen MR) is 78.7 cm³/mol. The van der Waals surface area contributed by atoms with E-state index in [0.29, 0.717) is 5.92 Å². The molecule has 2 atom stereocenters. The molecule has 2 unspecified atom stereocenters. The number of hydrogen-bond donors (Lipinski definition) is 2. The number of hydrogen-bond acceptors (Lipinski definition) is 3.